The van der Waals surface area contributed by atoms with E-state index in [1.165, 1.54) is 70.3 Å². The van der Waals surface area contributed by atoms with Crippen LogP contribution in [0.3, 0.4) is 0 Å². The molecule has 0 atom stereocenters. The molecule has 66 heavy (non-hydrogen) atoms. The van der Waals surface area contributed by atoms with Crippen molar-refractivity contribution in [3.63, 3.8) is 0 Å². The monoisotopic (exact) mass is 839 g/mol. The fraction of sp³-hybridized carbons (Fsp3) is 0. The molecule has 0 saturated carbocycles. The lowest BCUT2D eigenvalue weighted by molar-refractivity contribution is 1.07. The summed E-state index contributed by atoms with van der Waals surface area (Å²) in [4.78, 5) is 15.4. The molecule has 14 aromatic rings. The first-order chi connectivity index (χ1) is 32.7. The standard InChI is InChI=1S/C61H37N5/c1-2-15-39(16-3-1)59-62-60(64-61(63-59)45-30-33-48-44(34-45)27-26-38-14-6-8-20-47(38)48)40-28-31-46(32-29-40)65-54-24-12-11-23-51(54)53-36-43-19-7-9-21-49(43)57(58(53)65)66-55-25-13-10-22-50(55)52-35-41-17-4-5-18-42(41)37-56(52)66/h1-37H. The van der Waals surface area contributed by atoms with Crippen LogP contribution in [-0.2, 0) is 0 Å². The quantitative estimate of drug-likeness (QED) is 0.162. The minimum Gasteiger partial charge on any atom is -0.307 e. The highest BCUT2D eigenvalue weighted by atomic mass is 15.1. The highest BCUT2D eigenvalue weighted by molar-refractivity contribution is 6.21. The Kier molecular flexibility index (Phi) is 7.91. The summed E-state index contributed by atoms with van der Waals surface area (Å²) in [5.41, 5.74) is 9.64. The Morgan fingerprint density at radius 2 is 0.742 bits per heavy atom. The lowest BCUT2D eigenvalue weighted by Crippen LogP contribution is -2.02. The first-order valence-electron chi connectivity index (χ1n) is 22.4. The highest BCUT2D eigenvalue weighted by Gasteiger charge is 2.23. The SMILES string of the molecule is c1ccc(-c2nc(-c3ccc(-n4c5ccccc5c5cc6ccccc6c(-n6c7ccccc7c7cc8ccccc8cc76)c54)cc3)nc(-c3ccc4c(ccc5ccccc54)c3)n2)cc1. The number of benzene rings is 11. The van der Waals surface area contributed by atoms with Crippen LogP contribution in [0.5, 0.6) is 0 Å². The van der Waals surface area contributed by atoms with E-state index in [9.17, 15) is 0 Å². The third kappa shape index (κ3) is 5.57. The number of fused-ring (bicyclic) bond motifs is 11. The summed E-state index contributed by atoms with van der Waals surface area (Å²) in [6.45, 7) is 0. The molecule has 5 nitrogen and oxygen atoms in total. The van der Waals surface area contributed by atoms with Gasteiger partial charge in [0.05, 0.1) is 27.8 Å². The zero-order chi connectivity index (χ0) is 43.3. The molecule has 0 unspecified atom stereocenters. The first-order valence-corrected chi connectivity index (χ1v) is 22.4. The van der Waals surface area contributed by atoms with Crippen LogP contribution >= 0.6 is 0 Å². The van der Waals surface area contributed by atoms with Crippen molar-refractivity contribution in [3.8, 4) is 45.5 Å². The first kappa shape index (κ1) is 36.5. The topological polar surface area (TPSA) is 48.5 Å². The second kappa shape index (κ2) is 14.3. The maximum atomic E-state index is 5.19. The summed E-state index contributed by atoms with van der Waals surface area (Å²) in [5.74, 6) is 1.89. The van der Waals surface area contributed by atoms with Crippen LogP contribution in [0.25, 0.3) is 132 Å². The largest absolute Gasteiger partial charge is 0.307 e. The summed E-state index contributed by atoms with van der Waals surface area (Å²) >= 11 is 0. The van der Waals surface area contributed by atoms with Crippen molar-refractivity contribution in [1.82, 2.24) is 24.1 Å². The summed E-state index contributed by atoms with van der Waals surface area (Å²) in [6, 6.07) is 80.6. The van der Waals surface area contributed by atoms with E-state index in [0.29, 0.717) is 17.5 Å². The summed E-state index contributed by atoms with van der Waals surface area (Å²) in [5, 5.41) is 14.5. The van der Waals surface area contributed by atoms with E-state index < -0.39 is 0 Å². The fourth-order valence-corrected chi connectivity index (χ4v) is 10.4. The number of para-hydroxylation sites is 2. The predicted molar refractivity (Wildman–Crippen MR) is 275 cm³/mol. The van der Waals surface area contributed by atoms with Gasteiger partial charge in [0.2, 0.25) is 0 Å². The molecular formula is C61H37N5. The molecule has 0 fully saturated rings. The van der Waals surface area contributed by atoms with Crippen molar-refractivity contribution in [2.75, 3.05) is 0 Å². The maximum Gasteiger partial charge on any atom is 0.164 e. The molecule has 306 valence electrons. The number of aromatic nitrogens is 5. The van der Waals surface area contributed by atoms with Crippen molar-refractivity contribution < 1.29 is 0 Å². The third-order valence-corrected chi connectivity index (χ3v) is 13.5. The molecule has 0 aliphatic heterocycles. The smallest absolute Gasteiger partial charge is 0.164 e. The zero-order valence-electron chi connectivity index (χ0n) is 35.6. The van der Waals surface area contributed by atoms with E-state index in [2.05, 4.69) is 215 Å². The van der Waals surface area contributed by atoms with Crippen molar-refractivity contribution >= 4 is 86.7 Å². The molecular weight excluding hydrogens is 803 g/mol. The van der Waals surface area contributed by atoms with Gasteiger partial charge in [0, 0.05) is 49.3 Å². The van der Waals surface area contributed by atoms with Gasteiger partial charge >= 0.3 is 0 Å². The van der Waals surface area contributed by atoms with Crippen LogP contribution in [-0.4, -0.2) is 24.1 Å². The summed E-state index contributed by atoms with van der Waals surface area (Å²) < 4.78 is 4.96. The molecule has 0 aliphatic carbocycles. The second-order valence-corrected chi connectivity index (χ2v) is 17.2. The average Bonchev–Trinajstić information content (AvgIpc) is 3.89. The van der Waals surface area contributed by atoms with Crippen LogP contribution in [0.1, 0.15) is 0 Å². The Bertz CT molecular complexity index is 4280. The molecule has 0 aliphatic rings. The van der Waals surface area contributed by atoms with E-state index in [1.54, 1.807) is 0 Å². The molecule has 14 rings (SSSR count). The van der Waals surface area contributed by atoms with Crippen LogP contribution in [0.4, 0.5) is 0 Å². The molecule has 3 heterocycles. The Labute approximate surface area is 379 Å². The van der Waals surface area contributed by atoms with Gasteiger partial charge in [0.15, 0.2) is 17.5 Å². The third-order valence-electron chi connectivity index (χ3n) is 13.5. The van der Waals surface area contributed by atoms with Gasteiger partial charge in [-0.15, -0.1) is 0 Å². The van der Waals surface area contributed by atoms with Crippen molar-refractivity contribution in [2.45, 2.75) is 0 Å². The molecule has 3 aromatic heterocycles. The highest BCUT2D eigenvalue weighted by Crippen LogP contribution is 2.44. The van der Waals surface area contributed by atoms with E-state index in [1.807, 2.05) is 18.2 Å². The van der Waals surface area contributed by atoms with E-state index >= 15 is 0 Å². The summed E-state index contributed by atoms with van der Waals surface area (Å²) in [7, 11) is 0. The van der Waals surface area contributed by atoms with Gasteiger partial charge in [0.25, 0.3) is 0 Å². The minimum absolute atomic E-state index is 0.621. The molecule has 0 saturated heterocycles. The van der Waals surface area contributed by atoms with Gasteiger partial charge in [-0.2, -0.15) is 0 Å². The Morgan fingerprint density at radius 3 is 1.48 bits per heavy atom. The lowest BCUT2D eigenvalue weighted by atomic mass is 10.00. The van der Waals surface area contributed by atoms with E-state index in [-0.39, 0.29) is 0 Å². The molecule has 0 spiro atoms. The molecule has 5 heteroatoms. The normalized spacial score (nSPS) is 11.9. The van der Waals surface area contributed by atoms with Crippen molar-refractivity contribution in [2.24, 2.45) is 0 Å². The Hall–Kier alpha value is -8.93. The molecule has 0 N–H and O–H groups in total. The van der Waals surface area contributed by atoms with Gasteiger partial charge in [-0.1, -0.05) is 164 Å². The predicted octanol–water partition coefficient (Wildman–Crippen LogP) is 15.7. The number of hydrogen-bond acceptors (Lipinski definition) is 3. The second-order valence-electron chi connectivity index (χ2n) is 17.2. The molecule has 0 bridgehead atoms. The average molecular weight is 840 g/mol. The Morgan fingerprint density at radius 1 is 0.258 bits per heavy atom. The van der Waals surface area contributed by atoms with Crippen LogP contribution in [0.2, 0.25) is 0 Å². The van der Waals surface area contributed by atoms with E-state index in [4.69, 9.17) is 15.0 Å². The minimum atomic E-state index is 0.621. The fourth-order valence-electron chi connectivity index (χ4n) is 10.4. The van der Waals surface area contributed by atoms with Crippen LogP contribution in [0.15, 0.2) is 224 Å². The van der Waals surface area contributed by atoms with Crippen LogP contribution < -0.4 is 0 Å². The zero-order valence-corrected chi connectivity index (χ0v) is 35.6. The molecule has 11 aromatic carbocycles. The number of hydrogen-bond donors (Lipinski definition) is 0. The number of nitrogens with zero attached hydrogens (tertiary/aromatic N) is 5. The van der Waals surface area contributed by atoms with E-state index in [0.717, 1.165) is 44.5 Å². The van der Waals surface area contributed by atoms with Gasteiger partial charge in [-0.3, -0.25) is 0 Å². The van der Waals surface area contributed by atoms with Crippen LogP contribution in [0, 0.1) is 0 Å². The van der Waals surface area contributed by atoms with Gasteiger partial charge in [-0.05, 0) is 98.4 Å². The summed E-state index contributed by atoms with van der Waals surface area (Å²) in [6.07, 6.45) is 0. The molecule has 0 radical (unpaired) electrons. The van der Waals surface area contributed by atoms with Crippen molar-refractivity contribution in [1.29, 1.82) is 0 Å². The number of rotatable bonds is 5. The van der Waals surface area contributed by atoms with Gasteiger partial charge in [-0.25, -0.2) is 15.0 Å². The van der Waals surface area contributed by atoms with Gasteiger partial charge < -0.3 is 9.13 Å². The Balaban J connectivity index is 0.989. The van der Waals surface area contributed by atoms with Crippen molar-refractivity contribution in [3.05, 3.63) is 224 Å². The maximum absolute atomic E-state index is 5.19. The lowest BCUT2D eigenvalue weighted by Gasteiger charge is -2.17. The molecule has 0 amide bonds. The van der Waals surface area contributed by atoms with Gasteiger partial charge in [0.1, 0.15) is 0 Å².